The lowest BCUT2D eigenvalue weighted by Crippen LogP contribution is -2.53. The summed E-state index contributed by atoms with van der Waals surface area (Å²) in [5.41, 5.74) is 2.08. The zero-order valence-electron chi connectivity index (χ0n) is 20.4. The van der Waals surface area contributed by atoms with Crippen molar-refractivity contribution < 1.29 is 19.2 Å². The van der Waals surface area contributed by atoms with Gasteiger partial charge >= 0.3 is 0 Å². The fourth-order valence-corrected chi connectivity index (χ4v) is 4.13. The number of carbonyl (C=O) groups excluding carboxylic acids is 4. The third-order valence-electron chi connectivity index (χ3n) is 6.33. The Morgan fingerprint density at radius 3 is 2.63 bits per heavy atom. The van der Waals surface area contributed by atoms with Crippen LogP contribution in [0.2, 0.25) is 0 Å². The molecule has 9 nitrogen and oxygen atoms in total. The highest BCUT2D eigenvalue weighted by Crippen LogP contribution is 2.27. The normalized spacial score (nSPS) is 18.3. The van der Waals surface area contributed by atoms with Crippen molar-refractivity contribution >= 4 is 29.7 Å². The van der Waals surface area contributed by atoms with Crippen molar-refractivity contribution in [2.24, 2.45) is 5.92 Å². The molecule has 4 rings (SSSR count). The topological polar surface area (TPSA) is 105 Å². The summed E-state index contributed by atoms with van der Waals surface area (Å²) in [5.74, 6) is 5.37. The van der Waals surface area contributed by atoms with E-state index >= 15 is 0 Å². The summed E-state index contributed by atoms with van der Waals surface area (Å²) in [4.78, 5) is 51.8. The van der Waals surface area contributed by atoms with Crippen molar-refractivity contribution in [3.63, 3.8) is 0 Å². The second-order valence-electron chi connectivity index (χ2n) is 9.99. The fraction of sp³-hybridized carbons (Fsp3) is 0.423. The standard InChI is InChI=1S/C26H29N5O4/c1-26(2,3)31-15-17(12-27-31)5-6-18-13-30(14-18)20-8-7-19(16-32)21(11-20)25(35)29(4)22-9-10-23(33)28-24(22)34/h7-8,11-12,15-16,18,22H,9-10,13-14H2,1-4H3,(H,28,33,34). The monoisotopic (exact) mass is 475 g/mol. The summed E-state index contributed by atoms with van der Waals surface area (Å²) < 4.78 is 1.89. The van der Waals surface area contributed by atoms with Crippen molar-refractivity contribution in [3.8, 4) is 11.8 Å². The lowest BCUT2D eigenvalue weighted by molar-refractivity contribution is -0.136. The zero-order valence-corrected chi connectivity index (χ0v) is 20.4. The highest BCUT2D eigenvalue weighted by atomic mass is 16.2. The van der Waals surface area contributed by atoms with Gasteiger partial charge < -0.3 is 9.80 Å². The molecule has 0 saturated carbocycles. The molecular weight excluding hydrogens is 446 g/mol. The molecule has 3 amide bonds. The summed E-state index contributed by atoms with van der Waals surface area (Å²) in [6.45, 7) is 7.66. The van der Waals surface area contributed by atoms with Crippen LogP contribution < -0.4 is 10.2 Å². The van der Waals surface area contributed by atoms with Crippen LogP contribution in [-0.4, -0.2) is 64.9 Å². The largest absolute Gasteiger partial charge is 0.369 e. The third kappa shape index (κ3) is 5.11. The molecule has 2 aromatic rings. The lowest BCUT2D eigenvalue weighted by Gasteiger charge is -2.38. The molecule has 0 aliphatic carbocycles. The first-order valence-corrected chi connectivity index (χ1v) is 11.6. The lowest BCUT2D eigenvalue weighted by atomic mass is 9.97. The van der Waals surface area contributed by atoms with Crippen molar-refractivity contribution in [1.82, 2.24) is 20.0 Å². The molecule has 2 saturated heterocycles. The molecule has 2 fully saturated rings. The summed E-state index contributed by atoms with van der Waals surface area (Å²) in [6.07, 6.45) is 4.77. The molecule has 1 unspecified atom stereocenters. The van der Waals surface area contributed by atoms with Crippen molar-refractivity contribution in [2.45, 2.75) is 45.2 Å². The Bertz CT molecular complexity index is 1240. The predicted molar refractivity (Wildman–Crippen MR) is 130 cm³/mol. The Hall–Kier alpha value is -3.93. The van der Waals surface area contributed by atoms with Crippen LogP contribution in [0.4, 0.5) is 5.69 Å². The summed E-state index contributed by atoms with van der Waals surface area (Å²) in [5, 5.41) is 6.63. The molecule has 2 aliphatic rings. The van der Waals surface area contributed by atoms with Gasteiger partial charge in [0, 0.05) is 44.0 Å². The molecule has 1 atom stereocenters. The van der Waals surface area contributed by atoms with Gasteiger partial charge in [0.1, 0.15) is 6.04 Å². The Kier molecular flexibility index (Phi) is 6.48. The van der Waals surface area contributed by atoms with E-state index in [0.29, 0.717) is 19.4 Å². The number of nitrogens with zero attached hydrogens (tertiary/aromatic N) is 4. The quantitative estimate of drug-likeness (QED) is 0.411. The van der Waals surface area contributed by atoms with E-state index in [0.717, 1.165) is 11.3 Å². The number of amides is 3. The third-order valence-corrected chi connectivity index (χ3v) is 6.33. The van der Waals surface area contributed by atoms with Gasteiger partial charge in [-0.05, 0) is 45.4 Å². The number of hydrogen-bond donors (Lipinski definition) is 1. The minimum atomic E-state index is -0.755. The SMILES string of the molecule is CN(C(=O)c1cc(N2CC(C#Cc3cnn(C(C)(C)C)c3)C2)ccc1C=O)C1CCC(=O)NC1=O. The predicted octanol–water partition coefficient (Wildman–Crippen LogP) is 1.82. The van der Waals surface area contributed by atoms with E-state index in [-0.39, 0.29) is 41.3 Å². The average Bonchev–Trinajstić information content (AvgIpc) is 3.26. The van der Waals surface area contributed by atoms with Gasteiger partial charge in [0.05, 0.1) is 28.8 Å². The van der Waals surface area contributed by atoms with Gasteiger partial charge in [-0.25, -0.2) is 0 Å². The first-order valence-electron chi connectivity index (χ1n) is 11.6. The number of aldehydes is 1. The second kappa shape index (κ2) is 9.37. The number of aromatic nitrogens is 2. The van der Waals surface area contributed by atoms with Crippen LogP contribution in [-0.2, 0) is 15.1 Å². The molecule has 1 aromatic carbocycles. The molecule has 1 N–H and O–H groups in total. The van der Waals surface area contributed by atoms with Crippen LogP contribution in [0.15, 0.2) is 30.6 Å². The Labute approximate surface area is 204 Å². The molecule has 1 aromatic heterocycles. The van der Waals surface area contributed by atoms with Crippen LogP contribution in [0.3, 0.4) is 0 Å². The molecule has 35 heavy (non-hydrogen) atoms. The Morgan fingerprint density at radius 2 is 2.00 bits per heavy atom. The van der Waals surface area contributed by atoms with Gasteiger partial charge in [-0.1, -0.05) is 11.8 Å². The van der Waals surface area contributed by atoms with Gasteiger partial charge in [-0.2, -0.15) is 5.10 Å². The number of rotatable bonds is 4. The van der Waals surface area contributed by atoms with Crippen molar-refractivity contribution in [1.29, 1.82) is 0 Å². The number of piperidine rings is 1. The van der Waals surface area contributed by atoms with Crippen LogP contribution in [0.25, 0.3) is 0 Å². The number of hydrogen-bond acceptors (Lipinski definition) is 6. The Morgan fingerprint density at radius 1 is 1.26 bits per heavy atom. The summed E-state index contributed by atoms with van der Waals surface area (Å²) in [6, 6.07) is 4.36. The van der Waals surface area contributed by atoms with E-state index in [1.807, 2.05) is 16.9 Å². The molecule has 2 aliphatic heterocycles. The van der Waals surface area contributed by atoms with Crippen LogP contribution in [0, 0.1) is 17.8 Å². The smallest absolute Gasteiger partial charge is 0.255 e. The number of likely N-dealkylation sites (N-methyl/N-ethyl adjacent to an activating group) is 1. The molecular formula is C26H29N5O4. The second-order valence-corrected chi connectivity index (χ2v) is 9.99. The van der Waals surface area contributed by atoms with E-state index in [4.69, 9.17) is 0 Å². The molecule has 0 bridgehead atoms. The molecule has 182 valence electrons. The van der Waals surface area contributed by atoms with E-state index in [9.17, 15) is 19.2 Å². The highest BCUT2D eigenvalue weighted by molar-refractivity contribution is 6.06. The number of imide groups is 1. The van der Waals surface area contributed by atoms with Gasteiger partial charge in [0.2, 0.25) is 11.8 Å². The summed E-state index contributed by atoms with van der Waals surface area (Å²) >= 11 is 0. The van der Waals surface area contributed by atoms with Crippen molar-refractivity contribution in [3.05, 3.63) is 47.3 Å². The number of anilines is 1. The number of carbonyl (C=O) groups is 4. The maximum Gasteiger partial charge on any atom is 0.255 e. The minimum Gasteiger partial charge on any atom is -0.369 e. The molecule has 9 heteroatoms. The van der Waals surface area contributed by atoms with Gasteiger partial charge in [-0.15, -0.1) is 0 Å². The Balaban J connectivity index is 1.44. The van der Waals surface area contributed by atoms with Gasteiger partial charge in [0.15, 0.2) is 6.29 Å². The van der Waals surface area contributed by atoms with E-state index < -0.39 is 17.9 Å². The van der Waals surface area contributed by atoms with Gasteiger partial charge in [0.25, 0.3) is 5.91 Å². The van der Waals surface area contributed by atoms with E-state index in [1.165, 1.54) is 11.9 Å². The molecule has 0 spiro atoms. The highest BCUT2D eigenvalue weighted by Gasteiger charge is 2.34. The first kappa shape index (κ1) is 24.2. The molecule has 3 heterocycles. The maximum absolute atomic E-state index is 13.2. The minimum absolute atomic E-state index is 0.0949. The van der Waals surface area contributed by atoms with Crippen LogP contribution >= 0.6 is 0 Å². The average molecular weight is 476 g/mol. The maximum atomic E-state index is 13.2. The zero-order chi connectivity index (χ0) is 25.3. The van der Waals surface area contributed by atoms with Gasteiger partial charge in [-0.3, -0.25) is 29.2 Å². The number of nitrogens with one attached hydrogen (secondary N) is 1. The van der Waals surface area contributed by atoms with Crippen LogP contribution in [0.5, 0.6) is 0 Å². The summed E-state index contributed by atoms with van der Waals surface area (Å²) in [7, 11) is 1.51. The van der Waals surface area contributed by atoms with Crippen LogP contribution in [0.1, 0.15) is 59.9 Å². The molecule has 0 radical (unpaired) electrons. The number of benzene rings is 1. The van der Waals surface area contributed by atoms with E-state index in [2.05, 4.69) is 47.9 Å². The van der Waals surface area contributed by atoms with E-state index in [1.54, 1.807) is 18.3 Å². The fourth-order valence-electron chi connectivity index (χ4n) is 4.13. The first-order chi connectivity index (χ1) is 16.6. The van der Waals surface area contributed by atoms with Crippen molar-refractivity contribution in [2.75, 3.05) is 25.0 Å².